The fourth-order valence-electron chi connectivity index (χ4n) is 3.13. The molecule has 0 bridgehead atoms. The summed E-state index contributed by atoms with van der Waals surface area (Å²) in [6, 6.07) is 19.6. The molecule has 0 N–H and O–H groups in total. The average Bonchev–Trinajstić information content (AvgIpc) is 2.55. The Bertz CT molecular complexity index is 588. The predicted octanol–water partition coefficient (Wildman–Crippen LogP) is 4.27. The zero-order valence-electron chi connectivity index (χ0n) is 13.9. The molecule has 1 fully saturated rings. The minimum Gasteiger partial charge on any atom is -0.369 e. The smallest absolute Gasteiger partial charge is 0.0367 e. The summed E-state index contributed by atoms with van der Waals surface area (Å²) in [6.07, 6.45) is 0. The highest BCUT2D eigenvalue weighted by molar-refractivity contribution is 5.66. The van der Waals surface area contributed by atoms with E-state index in [1.807, 2.05) is 0 Å². The molecule has 0 aromatic heterocycles. The van der Waals surface area contributed by atoms with Crippen LogP contribution in [-0.4, -0.2) is 36.6 Å². The third-order valence-electron chi connectivity index (χ3n) is 4.57. The second kappa shape index (κ2) is 6.13. The highest BCUT2D eigenvalue weighted by Gasteiger charge is 2.25. The number of piperazine rings is 1. The molecular weight excluding hydrogens is 268 g/mol. The monoisotopic (exact) mass is 294 g/mol. The van der Waals surface area contributed by atoms with Crippen molar-refractivity contribution in [1.82, 2.24) is 4.90 Å². The maximum absolute atomic E-state index is 2.57. The summed E-state index contributed by atoms with van der Waals surface area (Å²) in [5.41, 5.74) is 4.20. The number of benzene rings is 2. The maximum atomic E-state index is 2.57. The lowest BCUT2D eigenvalue weighted by molar-refractivity contribution is 0.128. The van der Waals surface area contributed by atoms with Gasteiger partial charge in [0.05, 0.1) is 0 Å². The summed E-state index contributed by atoms with van der Waals surface area (Å²) in [6.45, 7) is 11.4. The van der Waals surface area contributed by atoms with E-state index in [1.54, 1.807) is 0 Å². The molecule has 0 amide bonds. The quantitative estimate of drug-likeness (QED) is 0.816. The number of nitrogens with zero attached hydrogens (tertiary/aromatic N) is 2. The van der Waals surface area contributed by atoms with E-state index in [-0.39, 0.29) is 5.54 Å². The van der Waals surface area contributed by atoms with Gasteiger partial charge in [0.1, 0.15) is 0 Å². The highest BCUT2D eigenvalue weighted by Crippen LogP contribution is 2.25. The topological polar surface area (TPSA) is 6.48 Å². The molecule has 2 aromatic rings. The highest BCUT2D eigenvalue weighted by atomic mass is 15.3. The third-order valence-corrected chi connectivity index (χ3v) is 4.57. The molecule has 1 heterocycles. The summed E-state index contributed by atoms with van der Waals surface area (Å²) in [5.74, 6) is 0. The van der Waals surface area contributed by atoms with Crippen LogP contribution in [0.2, 0.25) is 0 Å². The average molecular weight is 294 g/mol. The van der Waals surface area contributed by atoms with E-state index in [9.17, 15) is 0 Å². The van der Waals surface area contributed by atoms with E-state index in [0.717, 1.165) is 26.2 Å². The first-order chi connectivity index (χ1) is 10.5. The van der Waals surface area contributed by atoms with Gasteiger partial charge in [-0.1, -0.05) is 42.5 Å². The molecule has 0 saturated carbocycles. The van der Waals surface area contributed by atoms with Crippen LogP contribution in [0, 0.1) is 0 Å². The van der Waals surface area contributed by atoms with Gasteiger partial charge in [-0.3, -0.25) is 4.90 Å². The summed E-state index contributed by atoms with van der Waals surface area (Å²) in [5, 5.41) is 0. The lowest BCUT2D eigenvalue weighted by Gasteiger charge is -2.43. The van der Waals surface area contributed by atoms with E-state index in [2.05, 4.69) is 85.2 Å². The molecule has 0 unspecified atom stereocenters. The largest absolute Gasteiger partial charge is 0.369 e. The van der Waals surface area contributed by atoms with Crippen LogP contribution in [0.4, 0.5) is 5.69 Å². The van der Waals surface area contributed by atoms with Crippen molar-refractivity contribution in [3.05, 3.63) is 54.6 Å². The van der Waals surface area contributed by atoms with Gasteiger partial charge in [-0.25, -0.2) is 0 Å². The van der Waals surface area contributed by atoms with Gasteiger partial charge in [0.25, 0.3) is 0 Å². The van der Waals surface area contributed by atoms with Crippen LogP contribution < -0.4 is 4.90 Å². The van der Waals surface area contributed by atoms with Crippen molar-refractivity contribution in [3.8, 4) is 11.1 Å². The Morgan fingerprint density at radius 2 is 1.23 bits per heavy atom. The van der Waals surface area contributed by atoms with Gasteiger partial charge in [0, 0.05) is 37.4 Å². The van der Waals surface area contributed by atoms with Crippen LogP contribution in [0.15, 0.2) is 54.6 Å². The van der Waals surface area contributed by atoms with Gasteiger partial charge in [-0.05, 0) is 44.0 Å². The minimum absolute atomic E-state index is 0.281. The summed E-state index contributed by atoms with van der Waals surface area (Å²) in [7, 11) is 0. The fourth-order valence-corrected chi connectivity index (χ4v) is 3.13. The molecule has 0 atom stereocenters. The molecule has 2 nitrogen and oxygen atoms in total. The van der Waals surface area contributed by atoms with Gasteiger partial charge in [0.15, 0.2) is 0 Å². The number of hydrogen-bond acceptors (Lipinski definition) is 2. The molecule has 0 spiro atoms. The van der Waals surface area contributed by atoms with Gasteiger partial charge in [0.2, 0.25) is 0 Å². The second-order valence-corrected chi connectivity index (χ2v) is 7.06. The van der Waals surface area contributed by atoms with Crippen LogP contribution in [0.3, 0.4) is 0 Å². The van der Waals surface area contributed by atoms with Crippen molar-refractivity contribution in [2.45, 2.75) is 26.3 Å². The molecule has 1 aliphatic heterocycles. The number of hydrogen-bond donors (Lipinski definition) is 0. The van der Waals surface area contributed by atoms with Crippen LogP contribution in [0.1, 0.15) is 20.8 Å². The normalized spacial score (nSPS) is 16.8. The van der Waals surface area contributed by atoms with E-state index in [1.165, 1.54) is 16.8 Å². The minimum atomic E-state index is 0.281. The molecular formula is C20H26N2. The van der Waals surface area contributed by atoms with Crippen molar-refractivity contribution in [2.24, 2.45) is 0 Å². The molecule has 22 heavy (non-hydrogen) atoms. The first-order valence-electron chi connectivity index (χ1n) is 8.19. The van der Waals surface area contributed by atoms with Crippen LogP contribution in [0.5, 0.6) is 0 Å². The second-order valence-electron chi connectivity index (χ2n) is 7.06. The van der Waals surface area contributed by atoms with Crippen LogP contribution in [0.25, 0.3) is 11.1 Å². The first-order valence-corrected chi connectivity index (χ1v) is 8.19. The van der Waals surface area contributed by atoms with E-state index in [4.69, 9.17) is 0 Å². The van der Waals surface area contributed by atoms with E-state index < -0.39 is 0 Å². The Hall–Kier alpha value is -1.80. The van der Waals surface area contributed by atoms with Crippen molar-refractivity contribution in [1.29, 1.82) is 0 Å². The lowest BCUT2D eigenvalue weighted by atomic mass is 10.0. The Kier molecular flexibility index (Phi) is 4.21. The van der Waals surface area contributed by atoms with E-state index >= 15 is 0 Å². The van der Waals surface area contributed by atoms with Gasteiger partial charge < -0.3 is 4.90 Å². The standard InChI is InChI=1S/C20H26N2/c1-20(2,3)22-15-13-21(14-16-22)19-11-9-18(10-12-19)17-7-5-4-6-8-17/h4-12H,13-16H2,1-3H3. The fraction of sp³-hybridized carbons (Fsp3) is 0.400. The molecule has 3 rings (SSSR count). The molecule has 0 radical (unpaired) electrons. The molecule has 1 aliphatic rings. The van der Waals surface area contributed by atoms with E-state index in [0.29, 0.717) is 0 Å². The zero-order valence-corrected chi connectivity index (χ0v) is 13.9. The Labute approximate surface area is 134 Å². The third kappa shape index (κ3) is 3.33. The van der Waals surface area contributed by atoms with Crippen LogP contribution in [-0.2, 0) is 0 Å². The molecule has 2 heteroatoms. The Morgan fingerprint density at radius 3 is 1.77 bits per heavy atom. The lowest BCUT2D eigenvalue weighted by Crippen LogP contribution is -2.53. The Morgan fingerprint density at radius 1 is 0.682 bits per heavy atom. The maximum Gasteiger partial charge on any atom is 0.0367 e. The zero-order chi connectivity index (χ0) is 15.6. The Balaban J connectivity index is 1.67. The van der Waals surface area contributed by atoms with Gasteiger partial charge in [-0.15, -0.1) is 0 Å². The summed E-state index contributed by atoms with van der Waals surface area (Å²) < 4.78 is 0. The van der Waals surface area contributed by atoms with Gasteiger partial charge in [-0.2, -0.15) is 0 Å². The number of rotatable bonds is 2. The van der Waals surface area contributed by atoms with Crippen molar-refractivity contribution in [3.63, 3.8) is 0 Å². The number of anilines is 1. The van der Waals surface area contributed by atoms with Crippen LogP contribution >= 0.6 is 0 Å². The molecule has 116 valence electrons. The molecule has 0 aliphatic carbocycles. The molecule has 2 aromatic carbocycles. The first kappa shape index (κ1) is 15.1. The van der Waals surface area contributed by atoms with Crippen molar-refractivity contribution < 1.29 is 0 Å². The summed E-state index contributed by atoms with van der Waals surface area (Å²) >= 11 is 0. The van der Waals surface area contributed by atoms with Crippen molar-refractivity contribution in [2.75, 3.05) is 31.1 Å². The predicted molar refractivity (Wildman–Crippen MR) is 95.4 cm³/mol. The summed E-state index contributed by atoms with van der Waals surface area (Å²) in [4.78, 5) is 5.07. The van der Waals surface area contributed by atoms with Gasteiger partial charge >= 0.3 is 0 Å². The van der Waals surface area contributed by atoms with Crippen molar-refractivity contribution >= 4 is 5.69 Å². The molecule has 1 saturated heterocycles. The SMILES string of the molecule is CC(C)(C)N1CCN(c2ccc(-c3ccccc3)cc2)CC1.